The first-order chi connectivity index (χ1) is 11.4. The Morgan fingerprint density at radius 2 is 1.96 bits per heavy atom. The van der Waals surface area contributed by atoms with Gasteiger partial charge in [-0.2, -0.15) is 0 Å². The van der Waals surface area contributed by atoms with Gasteiger partial charge in [-0.1, -0.05) is 30.1 Å². The molecule has 0 bridgehead atoms. The lowest BCUT2D eigenvalue weighted by molar-refractivity contribution is 0.0527. The van der Waals surface area contributed by atoms with Gasteiger partial charge in [0.15, 0.2) is 0 Å². The van der Waals surface area contributed by atoms with Gasteiger partial charge in [-0.05, 0) is 44.0 Å². The highest BCUT2D eigenvalue weighted by Crippen LogP contribution is 2.35. The van der Waals surface area contributed by atoms with E-state index in [1.165, 1.54) is 17.4 Å². The van der Waals surface area contributed by atoms with Crippen molar-refractivity contribution in [2.24, 2.45) is 0 Å². The topological polar surface area (TPSA) is 55.4 Å². The number of amides is 1. The van der Waals surface area contributed by atoms with E-state index >= 15 is 0 Å². The van der Waals surface area contributed by atoms with Gasteiger partial charge in [0.2, 0.25) is 0 Å². The minimum absolute atomic E-state index is 0.253. The van der Waals surface area contributed by atoms with Crippen molar-refractivity contribution < 1.29 is 14.3 Å². The first-order valence-electron chi connectivity index (χ1n) is 7.44. The number of rotatable bonds is 5. The number of hydrogen-bond donors (Lipinski definition) is 1. The molecule has 2 aromatic rings. The molecule has 7 heteroatoms. The fraction of sp³-hybridized carbons (Fsp3) is 0.294. The van der Waals surface area contributed by atoms with E-state index < -0.39 is 11.9 Å². The van der Waals surface area contributed by atoms with Crippen LogP contribution >= 0.6 is 34.5 Å². The second-order valence-corrected chi connectivity index (χ2v) is 7.06. The van der Waals surface area contributed by atoms with Crippen LogP contribution in [-0.4, -0.2) is 18.5 Å². The van der Waals surface area contributed by atoms with Gasteiger partial charge in [-0.25, -0.2) is 4.79 Å². The van der Waals surface area contributed by atoms with Gasteiger partial charge in [0.05, 0.1) is 22.8 Å². The van der Waals surface area contributed by atoms with E-state index in [0.717, 1.165) is 10.4 Å². The molecule has 1 amide bonds. The number of carbonyl (C=O) groups excluding carboxylic acids is 2. The van der Waals surface area contributed by atoms with Crippen LogP contribution in [0.2, 0.25) is 10.0 Å². The Balaban J connectivity index is 2.40. The number of carbonyl (C=O) groups is 2. The molecule has 0 aliphatic heterocycles. The zero-order valence-electron chi connectivity index (χ0n) is 13.5. The van der Waals surface area contributed by atoms with Crippen LogP contribution in [-0.2, 0) is 11.2 Å². The maximum Gasteiger partial charge on any atom is 0.341 e. The van der Waals surface area contributed by atoms with Gasteiger partial charge in [0.25, 0.3) is 5.91 Å². The number of ether oxygens (including phenoxy) is 1. The molecule has 1 aromatic carbocycles. The van der Waals surface area contributed by atoms with Crippen LogP contribution < -0.4 is 5.32 Å². The second kappa shape index (κ2) is 8.01. The molecule has 1 heterocycles. The summed E-state index contributed by atoms with van der Waals surface area (Å²) in [5.41, 5.74) is 1.54. The van der Waals surface area contributed by atoms with Crippen LogP contribution in [0.5, 0.6) is 0 Å². The Bertz CT molecular complexity index is 786. The number of halogens is 2. The first-order valence-corrected chi connectivity index (χ1v) is 9.02. The maximum absolute atomic E-state index is 12.5. The Kier molecular flexibility index (Phi) is 6.27. The number of esters is 1. The molecular formula is C17H17Cl2NO3S. The van der Waals surface area contributed by atoms with Crippen LogP contribution in [0.3, 0.4) is 0 Å². The zero-order valence-corrected chi connectivity index (χ0v) is 15.9. The predicted octanol–water partition coefficient (Wildman–Crippen LogP) is 5.35. The fourth-order valence-electron chi connectivity index (χ4n) is 2.35. The molecule has 0 aliphatic carbocycles. The Labute approximate surface area is 154 Å². The van der Waals surface area contributed by atoms with Crippen LogP contribution in [0, 0.1) is 6.92 Å². The lowest BCUT2D eigenvalue weighted by Crippen LogP contribution is -2.15. The fourth-order valence-corrected chi connectivity index (χ4v) is 3.86. The van der Waals surface area contributed by atoms with Crippen molar-refractivity contribution in [2.75, 3.05) is 11.9 Å². The smallest absolute Gasteiger partial charge is 0.341 e. The van der Waals surface area contributed by atoms with Gasteiger partial charge in [-0.3, -0.25) is 4.79 Å². The third-order valence-electron chi connectivity index (χ3n) is 3.44. The zero-order chi connectivity index (χ0) is 17.9. The number of thiophene rings is 1. The summed E-state index contributed by atoms with van der Waals surface area (Å²) in [6.45, 7) is 5.88. The highest BCUT2D eigenvalue weighted by Gasteiger charge is 2.24. The third kappa shape index (κ3) is 3.91. The molecule has 0 atom stereocenters. The molecule has 0 fully saturated rings. The minimum atomic E-state index is -0.439. The summed E-state index contributed by atoms with van der Waals surface area (Å²) >= 11 is 13.3. The summed E-state index contributed by atoms with van der Waals surface area (Å²) in [6.07, 6.45) is 0.671. The van der Waals surface area contributed by atoms with Crippen LogP contribution in [0.15, 0.2) is 18.2 Å². The largest absolute Gasteiger partial charge is 0.462 e. The third-order valence-corrected chi connectivity index (χ3v) is 5.07. The summed E-state index contributed by atoms with van der Waals surface area (Å²) in [5, 5.41) is 3.93. The summed E-state index contributed by atoms with van der Waals surface area (Å²) in [6, 6.07) is 4.65. The first kappa shape index (κ1) is 18.8. The molecule has 0 spiro atoms. The van der Waals surface area contributed by atoms with E-state index in [2.05, 4.69) is 5.32 Å². The molecule has 1 N–H and O–H groups in total. The Morgan fingerprint density at radius 3 is 2.58 bits per heavy atom. The van der Waals surface area contributed by atoms with Gasteiger partial charge >= 0.3 is 5.97 Å². The highest BCUT2D eigenvalue weighted by atomic mass is 35.5. The number of nitrogens with one attached hydrogen (secondary N) is 1. The number of anilines is 1. The van der Waals surface area contributed by atoms with Crippen molar-refractivity contribution in [3.8, 4) is 0 Å². The van der Waals surface area contributed by atoms with Crippen molar-refractivity contribution >= 4 is 51.4 Å². The van der Waals surface area contributed by atoms with E-state index in [1.54, 1.807) is 19.1 Å². The minimum Gasteiger partial charge on any atom is -0.462 e. The van der Waals surface area contributed by atoms with Gasteiger partial charge in [0, 0.05) is 9.90 Å². The van der Waals surface area contributed by atoms with Crippen molar-refractivity contribution in [2.45, 2.75) is 27.2 Å². The van der Waals surface area contributed by atoms with Crippen LogP contribution in [0.4, 0.5) is 5.00 Å². The SMILES string of the molecule is CCOC(=O)c1c(NC(=O)c2cc(Cl)ccc2Cl)sc(C)c1CC. The van der Waals surface area contributed by atoms with E-state index in [4.69, 9.17) is 27.9 Å². The summed E-state index contributed by atoms with van der Waals surface area (Å²) < 4.78 is 5.12. The summed E-state index contributed by atoms with van der Waals surface area (Å²) in [7, 11) is 0. The van der Waals surface area contributed by atoms with Crippen molar-refractivity contribution in [3.63, 3.8) is 0 Å². The Hall–Kier alpha value is -1.56. The predicted molar refractivity (Wildman–Crippen MR) is 98.8 cm³/mol. The Morgan fingerprint density at radius 1 is 1.25 bits per heavy atom. The average Bonchev–Trinajstić information content (AvgIpc) is 2.85. The molecular weight excluding hydrogens is 369 g/mol. The van der Waals surface area contributed by atoms with Gasteiger partial charge in [-0.15, -0.1) is 11.3 Å². The molecule has 128 valence electrons. The normalized spacial score (nSPS) is 10.5. The van der Waals surface area contributed by atoms with Gasteiger partial charge in [0.1, 0.15) is 5.00 Å². The maximum atomic E-state index is 12.5. The molecule has 0 unspecified atom stereocenters. The molecule has 0 saturated carbocycles. The standard InChI is InChI=1S/C17H17Cl2NO3S/c1-4-11-9(3)24-16(14(11)17(22)23-5-2)20-15(21)12-8-10(18)6-7-13(12)19/h6-8H,4-5H2,1-3H3,(H,20,21). The molecule has 0 saturated heterocycles. The molecule has 24 heavy (non-hydrogen) atoms. The average molecular weight is 386 g/mol. The van der Waals surface area contributed by atoms with Gasteiger partial charge < -0.3 is 10.1 Å². The summed E-state index contributed by atoms with van der Waals surface area (Å²) in [4.78, 5) is 25.8. The number of hydrogen-bond acceptors (Lipinski definition) is 4. The van der Waals surface area contributed by atoms with Crippen molar-refractivity contribution in [1.82, 2.24) is 0 Å². The van der Waals surface area contributed by atoms with Crippen LogP contribution in [0.25, 0.3) is 0 Å². The highest BCUT2D eigenvalue weighted by molar-refractivity contribution is 7.16. The molecule has 1 aromatic heterocycles. The van der Waals surface area contributed by atoms with Crippen molar-refractivity contribution in [3.05, 3.63) is 49.8 Å². The lowest BCUT2D eigenvalue weighted by atomic mass is 10.1. The molecule has 0 radical (unpaired) electrons. The molecule has 4 nitrogen and oxygen atoms in total. The quantitative estimate of drug-likeness (QED) is 0.705. The van der Waals surface area contributed by atoms with Crippen LogP contribution in [0.1, 0.15) is 45.0 Å². The molecule has 0 aliphatic rings. The number of benzene rings is 1. The lowest BCUT2D eigenvalue weighted by Gasteiger charge is -2.09. The number of aryl methyl sites for hydroxylation is 1. The van der Waals surface area contributed by atoms with E-state index in [-0.39, 0.29) is 12.2 Å². The van der Waals surface area contributed by atoms with E-state index in [0.29, 0.717) is 27.0 Å². The summed E-state index contributed by atoms with van der Waals surface area (Å²) in [5.74, 6) is -0.858. The van der Waals surface area contributed by atoms with Crippen molar-refractivity contribution in [1.29, 1.82) is 0 Å². The van der Waals surface area contributed by atoms with E-state index in [9.17, 15) is 9.59 Å². The monoisotopic (exact) mass is 385 g/mol. The molecule has 2 rings (SSSR count). The second-order valence-electron chi connectivity index (χ2n) is 4.99. The van der Waals surface area contributed by atoms with E-state index in [1.807, 2.05) is 13.8 Å².